The summed E-state index contributed by atoms with van der Waals surface area (Å²) in [5, 5.41) is 10.3. The zero-order valence-electron chi connectivity index (χ0n) is 13.8. The Morgan fingerprint density at radius 1 is 1.12 bits per heavy atom. The standard InChI is InChI=1S/C18H17Cl2NO4S/c19-12-9-14(20)17(22)16(10-12)26(23,24)21-11-18(5-7-25-8-6-18)13-3-1-2-4-15(13)21/h1-4,9-10,22H,5-8,11H2. The Hall–Kier alpha value is -1.47. The largest absolute Gasteiger partial charge is 0.505 e. The summed E-state index contributed by atoms with van der Waals surface area (Å²) in [6, 6.07) is 10.0. The highest BCUT2D eigenvalue weighted by Gasteiger charge is 2.47. The van der Waals surface area contributed by atoms with E-state index in [9.17, 15) is 13.5 Å². The first-order valence-electron chi connectivity index (χ1n) is 8.23. The number of phenols is 1. The van der Waals surface area contributed by atoms with Crippen molar-refractivity contribution in [3.05, 3.63) is 52.0 Å². The van der Waals surface area contributed by atoms with Gasteiger partial charge in [0.1, 0.15) is 4.90 Å². The van der Waals surface area contributed by atoms with E-state index in [0.29, 0.717) is 25.4 Å². The summed E-state index contributed by atoms with van der Waals surface area (Å²) >= 11 is 11.9. The van der Waals surface area contributed by atoms with E-state index in [1.807, 2.05) is 18.2 Å². The molecule has 0 radical (unpaired) electrons. The van der Waals surface area contributed by atoms with Crippen molar-refractivity contribution in [2.24, 2.45) is 0 Å². The number of hydrogen-bond donors (Lipinski definition) is 1. The van der Waals surface area contributed by atoms with Crippen LogP contribution in [0.25, 0.3) is 0 Å². The van der Waals surface area contributed by atoms with Crippen molar-refractivity contribution in [1.82, 2.24) is 0 Å². The lowest BCUT2D eigenvalue weighted by Gasteiger charge is -2.34. The molecule has 0 saturated carbocycles. The molecular weight excluding hydrogens is 397 g/mol. The first kappa shape index (κ1) is 17.9. The molecule has 26 heavy (non-hydrogen) atoms. The van der Waals surface area contributed by atoms with Gasteiger partial charge in [0.15, 0.2) is 5.75 Å². The van der Waals surface area contributed by atoms with Gasteiger partial charge in [0.05, 0.1) is 10.7 Å². The van der Waals surface area contributed by atoms with Crippen molar-refractivity contribution in [2.75, 3.05) is 24.1 Å². The molecule has 2 heterocycles. The predicted molar refractivity (Wildman–Crippen MR) is 101 cm³/mol. The molecule has 1 spiro atoms. The van der Waals surface area contributed by atoms with Gasteiger partial charge in [-0.3, -0.25) is 4.31 Å². The van der Waals surface area contributed by atoms with Crippen LogP contribution in [0.5, 0.6) is 5.75 Å². The fourth-order valence-electron chi connectivity index (χ4n) is 3.85. The zero-order chi connectivity index (χ0) is 18.5. The van der Waals surface area contributed by atoms with Gasteiger partial charge in [0.2, 0.25) is 0 Å². The van der Waals surface area contributed by atoms with Crippen LogP contribution >= 0.6 is 23.2 Å². The summed E-state index contributed by atoms with van der Waals surface area (Å²) < 4.78 is 33.6. The Balaban J connectivity index is 1.86. The third kappa shape index (κ3) is 2.67. The van der Waals surface area contributed by atoms with Gasteiger partial charge in [-0.25, -0.2) is 8.42 Å². The Labute approximate surface area is 162 Å². The van der Waals surface area contributed by atoms with E-state index in [1.165, 1.54) is 16.4 Å². The normalized spacial score (nSPS) is 18.9. The number of aromatic hydroxyl groups is 1. The maximum Gasteiger partial charge on any atom is 0.268 e. The lowest BCUT2D eigenvalue weighted by Crippen LogP contribution is -2.40. The Kier molecular flexibility index (Phi) is 4.34. The number of hydrogen-bond acceptors (Lipinski definition) is 4. The molecule has 2 aromatic rings. The average Bonchev–Trinajstić information content (AvgIpc) is 2.94. The van der Waals surface area contributed by atoms with Crippen molar-refractivity contribution < 1.29 is 18.3 Å². The number of fused-ring (bicyclic) bond motifs is 2. The fraction of sp³-hybridized carbons (Fsp3) is 0.333. The van der Waals surface area contributed by atoms with Crippen molar-refractivity contribution in [2.45, 2.75) is 23.2 Å². The van der Waals surface area contributed by atoms with E-state index >= 15 is 0 Å². The number of phenolic OH excluding ortho intramolecular Hbond substituents is 1. The molecule has 0 bridgehead atoms. The average molecular weight is 414 g/mol. The van der Waals surface area contributed by atoms with Gasteiger partial charge < -0.3 is 9.84 Å². The highest BCUT2D eigenvalue weighted by atomic mass is 35.5. The molecule has 4 rings (SSSR count). The van der Waals surface area contributed by atoms with Crippen LogP contribution in [0.4, 0.5) is 5.69 Å². The molecule has 0 atom stereocenters. The van der Waals surface area contributed by atoms with Gasteiger partial charge in [-0.05, 0) is 36.6 Å². The van der Waals surface area contributed by atoms with Crippen molar-refractivity contribution in [3.8, 4) is 5.75 Å². The summed E-state index contributed by atoms with van der Waals surface area (Å²) in [5.74, 6) is -0.485. The second-order valence-corrected chi connectivity index (χ2v) is 9.33. The highest BCUT2D eigenvalue weighted by molar-refractivity contribution is 7.93. The van der Waals surface area contributed by atoms with Gasteiger partial charge in [0.25, 0.3) is 10.0 Å². The van der Waals surface area contributed by atoms with Gasteiger partial charge >= 0.3 is 0 Å². The monoisotopic (exact) mass is 413 g/mol. The number of rotatable bonds is 2. The first-order chi connectivity index (χ1) is 12.3. The molecular formula is C18H17Cl2NO4S. The van der Waals surface area contributed by atoms with Crippen molar-refractivity contribution in [3.63, 3.8) is 0 Å². The molecule has 0 aromatic heterocycles. The molecule has 1 N–H and O–H groups in total. The van der Waals surface area contributed by atoms with Crippen LogP contribution in [-0.4, -0.2) is 33.3 Å². The number of para-hydroxylation sites is 1. The number of anilines is 1. The summed E-state index contributed by atoms with van der Waals surface area (Å²) in [6.07, 6.45) is 1.50. The SMILES string of the molecule is O=S(=O)(c1cc(Cl)cc(Cl)c1O)N1CC2(CCOCC2)c2ccccc21. The van der Waals surface area contributed by atoms with Crippen LogP contribution in [0, 0.1) is 0 Å². The third-order valence-corrected chi connectivity index (χ3v) is 7.48. The summed E-state index contributed by atoms with van der Waals surface area (Å²) in [6.45, 7) is 1.49. The minimum Gasteiger partial charge on any atom is -0.505 e. The number of benzene rings is 2. The van der Waals surface area contributed by atoms with Crippen LogP contribution < -0.4 is 4.31 Å². The van der Waals surface area contributed by atoms with Gasteiger partial charge in [0, 0.05) is 30.2 Å². The fourth-order valence-corrected chi connectivity index (χ4v) is 6.16. The van der Waals surface area contributed by atoms with Gasteiger partial charge in [-0.2, -0.15) is 0 Å². The number of ether oxygens (including phenoxy) is 1. The van der Waals surface area contributed by atoms with Crippen LogP contribution in [0.1, 0.15) is 18.4 Å². The highest BCUT2D eigenvalue weighted by Crippen LogP contribution is 2.49. The zero-order valence-corrected chi connectivity index (χ0v) is 16.1. The van der Waals surface area contributed by atoms with Gasteiger partial charge in [-0.1, -0.05) is 41.4 Å². The van der Waals surface area contributed by atoms with E-state index in [1.54, 1.807) is 6.07 Å². The molecule has 2 aliphatic heterocycles. The molecule has 1 fully saturated rings. The van der Waals surface area contributed by atoms with E-state index in [4.69, 9.17) is 27.9 Å². The quantitative estimate of drug-likeness (QED) is 0.808. The second-order valence-electron chi connectivity index (χ2n) is 6.66. The van der Waals surface area contributed by atoms with Crippen molar-refractivity contribution in [1.29, 1.82) is 0 Å². The van der Waals surface area contributed by atoms with E-state index < -0.39 is 15.8 Å². The predicted octanol–water partition coefficient (Wildman–Crippen LogP) is 3.96. The molecule has 5 nitrogen and oxygen atoms in total. The Bertz CT molecular complexity index is 971. The maximum atomic E-state index is 13.4. The topological polar surface area (TPSA) is 66.8 Å². The molecule has 2 aliphatic rings. The Morgan fingerprint density at radius 2 is 1.81 bits per heavy atom. The summed E-state index contributed by atoms with van der Waals surface area (Å²) in [7, 11) is -4.03. The maximum absolute atomic E-state index is 13.4. The van der Waals surface area contributed by atoms with Gasteiger partial charge in [-0.15, -0.1) is 0 Å². The summed E-state index contributed by atoms with van der Waals surface area (Å²) in [4.78, 5) is -0.283. The van der Waals surface area contributed by atoms with Crippen LogP contribution in [0.2, 0.25) is 10.0 Å². The minimum absolute atomic E-state index is 0.0932. The van der Waals surface area contributed by atoms with E-state index in [2.05, 4.69) is 0 Å². The number of sulfonamides is 1. The number of halogens is 2. The minimum atomic E-state index is -4.03. The third-order valence-electron chi connectivity index (χ3n) is 5.20. The summed E-state index contributed by atoms with van der Waals surface area (Å²) in [5.41, 5.74) is 1.35. The second kappa shape index (κ2) is 6.30. The van der Waals surface area contributed by atoms with Crippen LogP contribution in [0.15, 0.2) is 41.3 Å². The van der Waals surface area contributed by atoms with E-state index in [-0.39, 0.29) is 20.4 Å². The molecule has 1 saturated heterocycles. The first-order valence-corrected chi connectivity index (χ1v) is 10.4. The molecule has 0 amide bonds. The lowest BCUT2D eigenvalue weighted by molar-refractivity contribution is 0.0560. The molecule has 8 heteroatoms. The molecule has 0 unspecified atom stereocenters. The lowest BCUT2D eigenvalue weighted by atomic mass is 9.76. The molecule has 2 aromatic carbocycles. The number of nitrogens with zero attached hydrogens (tertiary/aromatic N) is 1. The van der Waals surface area contributed by atoms with Crippen LogP contribution in [0.3, 0.4) is 0 Å². The van der Waals surface area contributed by atoms with E-state index in [0.717, 1.165) is 18.4 Å². The molecule has 138 valence electrons. The smallest absolute Gasteiger partial charge is 0.268 e. The van der Waals surface area contributed by atoms with Crippen LogP contribution in [-0.2, 0) is 20.2 Å². The van der Waals surface area contributed by atoms with Crippen molar-refractivity contribution >= 4 is 38.9 Å². The Morgan fingerprint density at radius 3 is 2.54 bits per heavy atom. The molecule has 0 aliphatic carbocycles.